The minimum absolute atomic E-state index is 0.437. The van der Waals surface area contributed by atoms with Crippen molar-refractivity contribution in [2.75, 3.05) is 0 Å². The monoisotopic (exact) mass is 536 g/mol. The number of benzene rings is 1. The van der Waals surface area contributed by atoms with Gasteiger partial charge in [-0.05, 0) is 0 Å². The summed E-state index contributed by atoms with van der Waals surface area (Å²) in [7, 11) is -6.86. The molecule has 0 amide bonds. The van der Waals surface area contributed by atoms with Crippen LogP contribution in [0.2, 0.25) is 0 Å². The van der Waals surface area contributed by atoms with Gasteiger partial charge in [-0.3, -0.25) is 0 Å². The number of alkyl halides is 11. The van der Waals surface area contributed by atoms with E-state index in [9.17, 15) is 52.3 Å². The Morgan fingerprint density at radius 3 is 1.73 bits per heavy atom. The van der Waals surface area contributed by atoms with Gasteiger partial charge in [0.15, 0.2) is 0 Å². The Hall–Kier alpha value is -0.840. The maximum atomic E-state index is 14.0. The molecular formula is C11H7F10IO3S. The first-order chi connectivity index (χ1) is 11.4. The Balaban J connectivity index is 3.65. The molecule has 1 aromatic rings. The Bertz CT molecular complexity index is 756. The molecule has 15 heteroatoms. The van der Waals surface area contributed by atoms with Crippen molar-refractivity contribution in [3.05, 3.63) is 33.4 Å². The van der Waals surface area contributed by atoms with E-state index >= 15 is 0 Å². The topological polar surface area (TPSA) is 43.4 Å². The second kappa shape index (κ2) is 6.96. The Labute approximate surface area is 147 Å². The minimum atomic E-state index is -6.86. The van der Waals surface area contributed by atoms with Gasteiger partial charge in [-0.2, -0.15) is 0 Å². The van der Waals surface area contributed by atoms with Crippen molar-refractivity contribution in [1.29, 1.82) is 0 Å². The molecule has 0 saturated carbocycles. The molecule has 1 aromatic carbocycles. The van der Waals surface area contributed by atoms with Crippen molar-refractivity contribution in [3.8, 4) is 0 Å². The van der Waals surface area contributed by atoms with Crippen LogP contribution in [0.5, 0.6) is 0 Å². The van der Waals surface area contributed by atoms with Crippen LogP contribution in [-0.4, -0.2) is 30.0 Å². The van der Waals surface area contributed by atoms with Crippen LogP contribution in [0.15, 0.2) is 24.3 Å². The molecule has 0 N–H and O–H groups in total. The van der Waals surface area contributed by atoms with E-state index in [0.29, 0.717) is 6.07 Å². The summed E-state index contributed by atoms with van der Waals surface area (Å²) in [5, 5.41) is 0. The molecule has 0 fully saturated rings. The molecule has 152 valence electrons. The zero-order valence-corrected chi connectivity index (χ0v) is 15.1. The molecule has 0 radical (unpaired) electrons. The summed E-state index contributed by atoms with van der Waals surface area (Å²) in [4.78, 5) is 0. The molecule has 0 bridgehead atoms. The summed E-state index contributed by atoms with van der Waals surface area (Å²) < 4.78 is 147. The van der Waals surface area contributed by atoms with Crippen molar-refractivity contribution >= 4 is 30.4 Å². The van der Waals surface area contributed by atoms with Gasteiger partial charge in [0.05, 0.1) is 0 Å². The quantitative estimate of drug-likeness (QED) is 0.224. The number of hydrogen-bond acceptors (Lipinski definition) is 3. The van der Waals surface area contributed by atoms with E-state index in [1.807, 2.05) is 0 Å². The summed E-state index contributed by atoms with van der Waals surface area (Å²) >= 11 is -6.13. The van der Waals surface area contributed by atoms with Gasteiger partial charge in [-0.25, -0.2) is 0 Å². The molecule has 0 spiro atoms. The van der Waals surface area contributed by atoms with Crippen LogP contribution in [0.1, 0.15) is 5.56 Å². The van der Waals surface area contributed by atoms with Crippen molar-refractivity contribution in [1.82, 2.24) is 0 Å². The molecule has 0 saturated heterocycles. The summed E-state index contributed by atoms with van der Waals surface area (Å²) in [6, 6.07) is 3.38. The molecule has 3 nitrogen and oxygen atoms in total. The zero-order valence-electron chi connectivity index (χ0n) is 12.1. The van der Waals surface area contributed by atoms with Gasteiger partial charge in [-0.15, -0.1) is 0 Å². The van der Waals surface area contributed by atoms with Crippen molar-refractivity contribution in [2.45, 2.75) is 28.5 Å². The predicted molar refractivity (Wildman–Crippen MR) is 75.9 cm³/mol. The van der Waals surface area contributed by atoms with Crippen molar-refractivity contribution < 1.29 is 54.8 Å². The summed E-state index contributed by atoms with van der Waals surface area (Å²) in [5.41, 5.74) is -6.73. The summed E-state index contributed by atoms with van der Waals surface area (Å²) in [6.45, 7) is 0.908. The molecule has 0 aliphatic carbocycles. The van der Waals surface area contributed by atoms with E-state index in [4.69, 9.17) is 0 Å². The van der Waals surface area contributed by atoms with Crippen LogP contribution in [0.3, 0.4) is 0 Å². The van der Waals surface area contributed by atoms with Gasteiger partial charge < -0.3 is 0 Å². The van der Waals surface area contributed by atoms with Crippen LogP contribution in [0.25, 0.3) is 0 Å². The van der Waals surface area contributed by atoms with Crippen LogP contribution in [-0.2, 0) is 12.6 Å². The first kappa shape index (κ1) is 23.2. The third-order valence-electron chi connectivity index (χ3n) is 2.62. The van der Waals surface area contributed by atoms with Crippen molar-refractivity contribution in [2.24, 2.45) is 0 Å². The van der Waals surface area contributed by atoms with Gasteiger partial charge in [-0.1, -0.05) is 0 Å². The normalized spacial score (nSPS) is 15.1. The number of aryl methyl sites for hydroxylation is 1. The van der Waals surface area contributed by atoms with Gasteiger partial charge in [0.1, 0.15) is 0 Å². The molecular weight excluding hydrogens is 529 g/mol. The average Bonchev–Trinajstić information content (AvgIpc) is 2.43. The fourth-order valence-electron chi connectivity index (χ4n) is 1.33. The second-order valence-electron chi connectivity index (χ2n) is 4.53. The van der Waals surface area contributed by atoms with E-state index in [1.54, 1.807) is 0 Å². The molecule has 0 heterocycles. The standard InChI is InChI=1S/C11H7F10IO3S/c1-6-4-2-3-5-7(6)22(25-26(23,24)11(19,20)21)10(17,18)8(12,13)9(14,15)16/h2-5H,1H3. The first-order valence-corrected chi connectivity index (χ1v) is 10.4. The molecule has 0 aromatic heterocycles. The van der Waals surface area contributed by atoms with E-state index in [-0.39, 0.29) is 0 Å². The maximum absolute atomic E-state index is 14.0. The zero-order chi connectivity index (χ0) is 20.8. The van der Waals surface area contributed by atoms with Gasteiger partial charge >= 0.3 is 147 Å². The molecule has 0 aliphatic heterocycles. The number of rotatable bonds is 5. The van der Waals surface area contributed by atoms with E-state index in [0.717, 1.165) is 25.1 Å². The third kappa shape index (κ3) is 4.18. The van der Waals surface area contributed by atoms with E-state index in [2.05, 4.69) is 2.51 Å². The molecule has 0 aliphatic rings. The molecule has 0 atom stereocenters. The third-order valence-corrected chi connectivity index (χ3v) is 10.2. The van der Waals surface area contributed by atoms with Gasteiger partial charge in [0, 0.05) is 0 Å². The SMILES string of the molecule is Cc1ccccc1I(OS(=O)(=O)C(F)(F)F)C(F)(F)C(F)(F)C(F)(F)F. The van der Waals surface area contributed by atoms with Crippen LogP contribution in [0.4, 0.5) is 43.9 Å². The van der Waals surface area contributed by atoms with E-state index in [1.165, 1.54) is 0 Å². The van der Waals surface area contributed by atoms with Crippen molar-refractivity contribution in [3.63, 3.8) is 0 Å². The second-order valence-corrected chi connectivity index (χ2v) is 11.0. The van der Waals surface area contributed by atoms with Gasteiger partial charge in [0.2, 0.25) is 0 Å². The summed E-state index contributed by atoms with van der Waals surface area (Å²) in [6.07, 6.45) is -6.86. The van der Waals surface area contributed by atoms with Gasteiger partial charge in [0.25, 0.3) is 0 Å². The average molecular weight is 536 g/mol. The number of hydrogen-bond donors (Lipinski definition) is 0. The fourth-order valence-corrected chi connectivity index (χ4v) is 8.14. The Morgan fingerprint density at radius 1 is 0.885 bits per heavy atom. The molecule has 26 heavy (non-hydrogen) atoms. The Morgan fingerprint density at radius 2 is 1.35 bits per heavy atom. The predicted octanol–water partition coefficient (Wildman–Crippen LogP) is 5.24. The fraction of sp³-hybridized carbons (Fsp3) is 0.455. The van der Waals surface area contributed by atoms with Crippen LogP contribution >= 0.6 is 20.2 Å². The first-order valence-electron chi connectivity index (χ1n) is 5.95. The van der Waals surface area contributed by atoms with E-state index < -0.39 is 61.0 Å². The molecule has 0 unspecified atom stereocenters. The van der Waals surface area contributed by atoms with Crippen LogP contribution in [0, 0.1) is 10.5 Å². The number of halogens is 11. The Kier molecular flexibility index (Phi) is 6.21. The summed E-state index contributed by atoms with van der Waals surface area (Å²) in [5.74, 6) is -6.83. The molecule has 1 rings (SSSR count). The van der Waals surface area contributed by atoms with Crippen LogP contribution < -0.4 is 0 Å².